The average Bonchev–Trinajstić information content (AvgIpc) is 2.46. The van der Waals surface area contributed by atoms with Crippen LogP contribution < -0.4 is 5.32 Å². The number of nitrogens with one attached hydrogen (secondary N) is 1. The predicted molar refractivity (Wildman–Crippen MR) is 84.9 cm³/mol. The van der Waals surface area contributed by atoms with Crippen molar-refractivity contribution in [1.82, 2.24) is 0 Å². The van der Waals surface area contributed by atoms with Crippen molar-refractivity contribution in [3.63, 3.8) is 0 Å². The van der Waals surface area contributed by atoms with Crippen LogP contribution in [0.4, 0.5) is 5.69 Å². The fourth-order valence-corrected chi connectivity index (χ4v) is 2.56. The van der Waals surface area contributed by atoms with Crippen LogP contribution in [0.5, 0.6) is 0 Å². The van der Waals surface area contributed by atoms with Crippen molar-refractivity contribution >= 4 is 5.69 Å². The van der Waals surface area contributed by atoms with E-state index in [9.17, 15) is 0 Å². The summed E-state index contributed by atoms with van der Waals surface area (Å²) < 4.78 is 0. The Bertz CT molecular complexity index is 541. The van der Waals surface area contributed by atoms with E-state index in [-0.39, 0.29) is 0 Å². The molecule has 2 aromatic rings. The first-order valence-electron chi connectivity index (χ1n) is 7.07. The van der Waals surface area contributed by atoms with Crippen LogP contribution in [-0.2, 0) is 6.42 Å². The van der Waals surface area contributed by atoms with E-state index in [0.29, 0.717) is 5.92 Å². The minimum atomic E-state index is 0.524. The molecule has 0 bridgehead atoms. The van der Waals surface area contributed by atoms with E-state index in [4.69, 9.17) is 0 Å². The van der Waals surface area contributed by atoms with Crippen LogP contribution in [0.3, 0.4) is 0 Å². The van der Waals surface area contributed by atoms with E-state index in [2.05, 4.69) is 68.6 Å². The van der Waals surface area contributed by atoms with Gasteiger partial charge in [0, 0.05) is 12.7 Å². The van der Waals surface area contributed by atoms with Crippen LogP contribution in [0, 0.1) is 0 Å². The van der Waals surface area contributed by atoms with Gasteiger partial charge in [-0.25, -0.2) is 0 Å². The Morgan fingerprint density at radius 2 is 1.68 bits per heavy atom. The van der Waals surface area contributed by atoms with Gasteiger partial charge in [-0.1, -0.05) is 51.1 Å². The van der Waals surface area contributed by atoms with Crippen molar-refractivity contribution in [2.75, 3.05) is 12.4 Å². The van der Waals surface area contributed by atoms with Crippen LogP contribution in [0.2, 0.25) is 0 Å². The molecule has 2 aromatic carbocycles. The Kier molecular flexibility index (Phi) is 4.26. The van der Waals surface area contributed by atoms with Gasteiger partial charge in [-0.05, 0) is 46.7 Å². The van der Waals surface area contributed by atoms with Gasteiger partial charge in [0.1, 0.15) is 0 Å². The zero-order valence-electron chi connectivity index (χ0n) is 12.3. The van der Waals surface area contributed by atoms with Gasteiger partial charge >= 0.3 is 0 Å². The first-order chi connectivity index (χ1) is 9.17. The molecule has 0 atom stereocenters. The van der Waals surface area contributed by atoms with E-state index in [1.54, 1.807) is 0 Å². The highest BCUT2D eigenvalue weighted by Crippen LogP contribution is 2.33. The molecule has 2 rings (SSSR count). The van der Waals surface area contributed by atoms with Crippen LogP contribution >= 0.6 is 0 Å². The maximum atomic E-state index is 3.38. The Labute approximate surface area is 116 Å². The second kappa shape index (κ2) is 5.92. The number of rotatable bonds is 4. The summed E-state index contributed by atoms with van der Waals surface area (Å²) in [5.41, 5.74) is 6.72. The minimum absolute atomic E-state index is 0.524. The van der Waals surface area contributed by atoms with Crippen LogP contribution in [0.1, 0.15) is 37.8 Å². The molecule has 0 aliphatic carbocycles. The van der Waals surface area contributed by atoms with Crippen LogP contribution in [0.15, 0.2) is 42.5 Å². The van der Waals surface area contributed by atoms with E-state index in [1.165, 1.54) is 27.9 Å². The van der Waals surface area contributed by atoms with Gasteiger partial charge < -0.3 is 5.32 Å². The lowest BCUT2D eigenvalue weighted by Crippen LogP contribution is -2.02. The predicted octanol–water partition coefficient (Wildman–Crippen LogP) is 5.08. The Balaban J connectivity index is 2.61. The summed E-state index contributed by atoms with van der Waals surface area (Å²) in [6, 6.07) is 15.3. The van der Waals surface area contributed by atoms with Gasteiger partial charge in [0.15, 0.2) is 0 Å². The summed E-state index contributed by atoms with van der Waals surface area (Å²) in [5.74, 6) is 0.524. The lowest BCUT2D eigenvalue weighted by atomic mass is 9.91. The zero-order valence-corrected chi connectivity index (χ0v) is 12.3. The largest absolute Gasteiger partial charge is 0.388 e. The molecule has 0 aromatic heterocycles. The lowest BCUT2D eigenvalue weighted by molar-refractivity contribution is 0.865. The Hall–Kier alpha value is -1.76. The topological polar surface area (TPSA) is 12.0 Å². The smallest absolute Gasteiger partial charge is 0.0405 e. The number of aryl methyl sites for hydroxylation is 1. The molecule has 19 heavy (non-hydrogen) atoms. The molecule has 0 amide bonds. The summed E-state index contributed by atoms with van der Waals surface area (Å²) >= 11 is 0. The fourth-order valence-electron chi connectivity index (χ4n) is 2.56. The van der Waals surface area contributed by atoms with Crippen LogP contribution in [0.25, 0.3) is 11.1 Å². The second-order valence-electron chi connectivity index (χ2n) is 5.22. The molecule has 0 unspecified atom stereocenters. The number of hydrogen-bond donors (Lipinski definition) is 1. The molecule has 0 saturated carbocycles. The van der Waals surface area contributed by atoms with Crippen molar-refractivity contribution in [2.45, 2.75) is 33.1 Å². The fraction of sp³-hybridized carbons (Fsp3) is 0.333. The zero-order chi connectivity index (χ0) is 13.8. The first-order valence-corrected chi connectivity index (χ1v) is 7.07. The van der Waals surface area contributed by atoms with Crippen molar-refractivity contribution in [3.8, 4) is 11.1 Å². The second-order valence-corrected chi connectivity index (χ2v) is 5.22. The molecule has 0 aliphatic rings. The molecule has 1 nitrogen and oxygen atoms in total. The van der Waals surface area contributed by atoms with Gasteiger partial charge in [0.2, 0.25) is 0 Å². The third-order valence-electron chi connectivity index (χ3n) is 3.61. The average molecular weight is 253 g/mol. The molecular formula is C18H23N. The Morgan fingerprint density at radius 3 is 2.21 bits per heavy atom. The van der Waals surface area contributed by atoms with Crippen molar-refractivity contribution in [3.05, 3.63) is 53.6 Å². The highest BCUT2D eigenvalue weighted by Gasteiger charge is 2.12. The molecule has 0 saturated heterocycles. The number of anilines is 1. The van der Waals surface area contributed by atoms with Gasteiger partial charge in [0.05, 0.1) is 0 Å². The molecule has 1 N–H and O–H groups in total. The Morgan fingerprint density at radius 1 is 1.00 bits per heavy atom. The monoisotopic (exact) mass is 253 g/mol. The van der Waals surface area contributed by atoms with E-state index >= 15 is 0 Å². The summed E-state index contributed by atoms with van der Waals surface area (Å²) in [6.07, 6.45) is 1.05. The van der Waals surface area contributed by atoms with E-state index in [0.717, 1.165) is 6.42 Å². The SMILES string of the molecule is CCc1cc(-c2ccccc2)cc(C(C)C)c1NC. The van der Waals surface area contributed by atoms with Crippen molar-refractivity contribution in [2.24, 2.45) is 0 Å². The molecule has 0 fully saturated rings. The minimum Gasteiger partial charge on any atom is -0.388 e. The molecule has 0 radical (unpaired) electrons. The normalized spacial score (nSPS) is 10.8. The third-order valence-corrected chi connectivity index (χ3v) is 3.61. The molecule has 1 heteroatoms. The standard InChI is InChI=1S/C18H23N/c1-5-14-11-16(15-9-7-6-8-10-15)12-17(13(2)3)18(14)19-4/h6-13,19H,5H2,1-4H3. The number of hydrogen-bond acceptors (Lipinski definition) is 1. The van der Waals surface area contributed by atoms with Gasteiger partial charge in [-0.2, -0.15) is 0 Å². The van der Waals surface area contributed by atoms with Crippen molar-refractivity contribution in [1.29, 1.82) is 0 Å². The highest BCUT2D eigenvalue weighted by molar-refractivity contribution is 5.72. The van der Waals surface area contributed by atoms with Gasteiger partial charge in [-0.15, -0.1) is 0 Å². The molecule has 0 spiro atoms. The molecule has 100 valence electrons. The summed E-state index contributed by atoms with van der Waals surface area (Å²) in [7, 11) is 2.02. The van der Waals surface area contributed by atoms with Crippen molar-refractivity contribution < 1.29 is 0 Å². The number of benzene rings is 2. The highest BCUT2D eigenvalue weighted by atomic mass is 14.8. The first kappa shape index (κ1) is 13.7. The van der Waals surface area contributed by atoms with E-state index in [1.807, 2.05) is 7.05 Å². The molecule has 0 heterocycles. The summed E-state index contributed by atoms with van der Waals surface area (Å²) in [6.45, 7) is 6.73. The van der Waals surface area contributed by atoms with Gasteiger partial charge in [-0.3, -0.25) is 0 Å². The van der Waals surface area contributed by atoms with E-state index < -0.39 is 0 Å². The van der Waals surface area contributed by atoms with Crippen LogP contribution in [-0.4, -0.2) is 7.05 Å². The summed E-state index contributed by atoms with van der Waals surface area (Å²) in [5, 5.41) is 3.38. The maximum Gasteiger partial charge on any atom is 0.0405 e. The molecule has 0 aliphatic heterocycles. The third kappa shape index (κ3) is 2.81. The maximum absolute atomic E-state index is 3.38. The quantitative estimate of drug-likeness (QED) is 0.801. The summed E-state index contributed by atoms with van der Waals surface area (Å²) in [4.78, 5) is 0. The molecular weight excluding hydrogens is 230 g/mol. The lowest BCUT2D eigenvalue weighted by Gasteiger charge is -2.19. The van der Waals surface area contributed by atoms with Gasteiger partial charge in [0.25, 0.3) is 0 Å².